The van der Waals surface area contributed by atoms with Gasteiger partial charge in [0.25, 0.3) is 0 Å². The molecule has 1 aromatic heterocycles. The number of nitrogens with one attached hydrogen (secondary N) is 4. The van der Waals surface area contributed by atoms with Crippen molar-refractivity contribution >= 4 is 41.2 Å². The fraction of sp³-hybridized carbons (Fsp3) is 0.455. The number of benzene rings is 1. The molecule has 168 valence electrons. The minimum Gasteiger partial charge on any atom is -0.354 e. The standard InChI is InChI=1S/C22H28N8OS/c1-14-13-30(11-10-23-14)20-12-19(26-18-8-9-24-29-18)27-22(28-20)32-17-6-4-16(5-7-17)25-21(31)15-2-3-15/h4-7,9,12,14-15,18,23,29H,2-3,8,10-11,13H2,1H3,(H,25,31)(H,26,27,28)/t14-,18?/m1/s1. The van der Waals surface area contributed by atoms with Crippen LogP contribution in [0.4, 0.5) is 17.3 Å². The number of nitrogens with zero attached hydrogens (tertiary/aromatic N) is 4. The molecule has 9 nitrogen and oxygen atoms in total. The fourth-order valence-corrected chi connectivity index (χ4v) is 4.53. The van der Waals surface area contributed by atoms with Gasteiger partial charge in [0.05, 0.1) is 0 Å². The third-order valence-corrected chi connectivity index (χ3v) is 6.52. The number of anilines is 3. The lowest BCUT2D eigenvalue weighted by Crippen LogP contribution is -2.49. The monoisotopic (exact) mass is 452 g/mol. The molecule has 0 radical (unpaired) electrons. The SMILES string of the molecule is C[C@@H]1CN(c2cc(NC3CC=NN3)nc(Sc3ccc(NC(=O)C4CC4)cc3)n2)CCN1. The zero-order valence-corrected chi connectivity index (χ0v) is 18.9. The van der Waals surface area contributed by atoms with Gasteiger partial charge in [0.15, 0.2) is 5.16 Å². The third kappa shape index (κ3) is 5.31. The van der Waals surface area contributed by atoms with Gasteiger partial charge in [-0.1, -0.05) is 0 Å². The van der Waals surface area contributed by atoms with Crippen molar-refractivity contribution in [1.29, 1.82) is 0 Å². The Hall–Kier alpha value is -2.85. The van der Waals surface area contributed by atoms with Crippen molar-refractivity contribution in [2.75, 3.05) is 35.2 Å². The van der Waals surface area contributed by atoms with Gasteiger partial charge in [-0.15, -0.1) is 0 Å². The number of carbonyl (C=O) groups is 1. The summed E-state index contributed by atoms with van der Waals surface area (Å²) in [5, 5.41) is 14.6. The van der Waals surface area contributed by atoms with Crippen LogP contribution in [-0.4, -0.2) is 53.9 Å². The molecule has 10 heteroatoms. The van der Waals surface area contributed by atoms with Crippen molar-refractivity contribution in [2.45, 2.75) is 48.4 Å². The second kappa shape index (κ2) is 9.33. The van der Waals surface area contributed by atoms with Crippen LogP contribution in [-0.2, 0) is 4.79 Å². The normalized spacial score (nSPS) is 22.5. The van der Waals surface area contributed by atoms with Crippen molar-refractivity contribution in [2.24, 2.45) is 11.0 Å². The summed E-state index contributed by atoms with van der Waals surface area (Å²) in [6.45, 7) is 4.93. The van der Waals surface area contributed by atoms with Gasteiger partial charge in [-0.25, -0.2) is 9.97 Å². The van der Waals surface area contributed by atoms with Gasteiger partial charge in [-0.3, -0.25) is 10.2 Å². The molecule has 1 amide bonds. The summed E-state index contributed by atoms with van der Waals surface area (Å²) in [5.41, 5.74) is 3.87. The molecule has 1 aromatic carbocycles. The molecule has 1 aliphatic carbocycles. The van der Waals surface area contributed by atoms with Gasteiger partial charge in [-0.05, 0) is 55.8 Å². The molecule has 2 aromatic rings. The third-order valence-electron chi connectivity index (χ3n) is 5.65. The molecule has 3 aliphatic rings. The summed E-state index contributed by atoms with van der Waals surface area (Å²) in [5.74, 6) is 2.01. The lowest BCUT2D eigenvalue weighted by atomic mass is 10.2. The second-order valence-corrected chi connectivity index (χ2v) is 9.50. The average molecular weight is 453 g/mol. The van der Waals surface area contributed by atoms with Crippen LogP contribution in [0.2, 0.25) is 0 Å². The molecule has 0 bridgehead atoms. The number of aromatic nitrogens is 2. The van der Waals surface area contributed by atoms with E-state index in [0.29, 0.717) is 11.2 Å². The van der Waals surface area contributed by atoms with Crippen LogP contribution in [0.3, 0.4) is 0 Å². The molecule has 4 N–H and O–H groups in total. The van der Waals surface area contributed by atoms with Crippen molar-refractivity contribution in [3.8, 4) is 0 Å². The number of hydrazone groups is 1. The topological polar surface area (TPSA) is 107 Å². The minimum absolute atomic E-state index is 0.0342. The Bertz CT molecular complexity index is 986. The van der Waals surface area contributed by atoms with E-state index in [1.54, 1.807) is 0 Å². The zero-order chi connectivity index (χ0) is 21.9. The quantitative estimate of drug-likeness (QED) is 0.475. The van der Waals surface area contributed by atoms with Crippen LogP contribution in [0, 0.1) is 5.92 Å². The highest BCUT2D eigenvalue weighted by atomic mass is 32.2. The molecule has 3 heterocycles. The number of hydrogen-bond acceptors (Lipinski definition) is 9. The van der Waals surface area contributed by atoms with E-state index in [-0.39, 0.29) is 18.0 Å². The smallest absolute Gasteiger partial charge is 0.227 e. The van der Waals surface area contributed by atoms with Crippen molar-refractivity contribution in [1.82, 2.24) is 20.7 Å². The highest BCUT2D eigenvalue weighted by molar-refractivity contribution is 7.99. The number of amides is 1. The van der Waals surface area contributed by atoms with E-state index in [4.69, 9.17) is 9.97 Å². The van der Waals surface area contributed by atoms with Crippen LogP contribution in [0.15, 0.2) is 45.5 Å². The fourth-order valence-electron chi connectivity index (χ4n) is 3.76. The first kappa shape index (κ1) is 21.0. The molecule has 1 saturated carbocycles. The summed E-state index contributed by atoms with van der Waals surface area (Å²) >= 11 is 1.52. The summed E-state index contributed by atoms with van der Waals surface area (Å²) < 4.78 is 0. The molecule has 2 atom stereocenters. The number of hydrogen-bond donors (Lipinski definition) is 4. The van der Waals surface area contributed by atoms with Crippen LogP contribution >= 0.6 is 11.8 Å². The van der Waals surface area contributed by atoms with Crippen LogP contribution in [0.5, 0.6) is 0 Å². The first-order valence-electron chi connectivity index (χ1n) is 11.1. The van der Waals surface area contributed by atoms with Crippen molar-refractivity contribution in [3.05, 3.63) is 30.3 Å². The number of piperazine rings is 1. The number of rotatable bonds is 7. The minimum atomic E-state index is 0.0342. The van der Waals surface area contributed by atoms with Gasteiger partial charge >= 0.3 is 0 Å². The van der Waals surface area contributed by atoms with E-state index in [1.807, 2.05) is 36.5 Å². The molecule has 5 rings (SSSR count). The largest absolute Gasteiger partial charge is 0.354 e. The highest BCUT2D eigenvalue weighted by Crippen LogP contribution is 2.32. The van der Waals surface area contributed by atoms with Gasteiger partial charge in [0.2, 0.25) is 5.91 Å². The zero-order valence-electron chi connectivity index (χ0n) is 18.0. The molecular weight excluding hydrogens is 424 g/mol. The Balaban J connectivity index is 1.33. The summed E-state index contributed by atoms with van der Waals surface area (Å²) in [6, 6.07) is 10.3. The van der Waals surface area contributed by atoms with E-state index in [0.717, 1.165) is 61.1 Å². The lowest BCUT2D eigenvalue weighted by molar-refractivity contribution is -0.117. The molecule has 2 fully saturated rings. The van der Waals surface area contributed by atoms with Crippen LogP contribution in [0.1, 0.15) is 26.2 Å². The number of carbonyl (C=O) groups excluding carboxylic acids is 1. The van der Waals surface area contributed by atoms with E-state index in [1.165, 1.54) is 11.8 Å². The molecule has 1 saturated heterocycles. The highest BCUT2D eigenvalue weighted by Gasteiger charge is 2.29. The van der Waals surface area contributed by atoms with Crippen LogP contribution in [0.25, 0.3) is 0 Å². The maximum Gasteiger partial charge on any atom is 0.227 e. The predicted molar refractivity (Wildman–Crippen MR) is 127 cm³/mol. The Morgan fingerprint density at radius 2 is 2.06 bits per heavy atom. The Morgan fingerprint density at radius 1 is 1.22 bits per heavy atom. The summed E-state index contributed by atoms with van der Waals surface area (Å²) in [6.07, 6.45) is 4.69. The predicted octanol–water partition coefficient (Wildman–Crippen LogP) is 2.49. The molecular formula is C22H28N8OS. The van der Waals surface area contributed by atoms with E-state index < -0.39 is 0 Å². The average Bonchev–Trinajstić information content (AvgIpc) is 3.53. The second-order valence-electron chi connectivity index (χ2n) is 8.46. The molecule has 1 unspecified atom stereocenters. The Labute approximate surface area is 191 Å². The Kier molecular flexibility index (Phi) is 6.13. The van der Waals surface area contributed by atoms with Crippen molar-refractivity contribution < 1.29 is 4.79 Å². The van der Waals surface area contributed by atoms with Crippen molar-refractivity contribution in [3.63, 3.8) is 0 Å². The van der Waals surface area contributed by atoms with E-state index in [9.17, 15) is 4.79 Å². The molecule has 32 heavy (non-hydrogen) atoms. The first-order valence-corrected chi connectivity index (χ1v) is 11.9. The Morgan fingerprint density at radius 3 is 2.78 bits per heavy atom. The van der Waals surface area contributed by atoms with E-state index in [2.05, 4.69) is 38.3 Å². The molecule has 0 spiro atoms. The van der Waals surface area contributed by atoms with Crippen LogP contribution < -0.4 is 26.3 Å². The summed E-state index contributed by atoms with van der Waals surface area (Å²) in [4.78, 5) is 24.9. The molecule has 2 aliphatic heterocycles. The summed E-state index contributed by atoms with van der Waals surface area (Å²) in [7, 11) is 0. The van der Waals surface area contributed by atoms with Gasteiger partial charge in [0.1, 0.15) is 17.8 Å². The van der Waals surface area contributed by atoms with Gasteiger partial charge in [-0.2, -0.15) is 5.10 Å². The maximum absolute atomic E-state index is 12.0. The van der Waals surface area contributed by atoms with Gasteiger partial charge < -0.3 is 20.9 Å². The lowest BCUT2D eigenvalue weighted by Gasteiger charge is -2.33. The van der Waals surface area contributed by atoms with Gasteiger partial charge in [0, 0.05) is 60.9 Å². The first-order chi connectivity index (χ1) is 15.6. The van der Waals surface area contributed by atoms with E-state index >= 15 is 0 Å². The maximum atomic E-state index is 12.0.